The molecule has 1 N–H and O–H groups in total. The monoisotopic (exact) mass is 351 g/mol. The van der Waals surface area contributed by atoms with Gasteiger partial charge in [0.25, 0.3) is 5.91 Å². The van der Waals surface area contributed by atoms with E-state index in [-0.39, 0.29) is 11.0 Å². The van der Waals surface area contributed by atoms with Crippen molar-refractivity contribution >= 4 is 5.91 Å². The molecule has 0 saturated heterocycles. The predicted octanol–water partition coefficient (Wildman–Crippen LogP) is 3.69. The number of halogens is 3. The standard InChI is InChI=1S/C18H20F3N3O/c19-18(20,21)13-24-11-14(10-23-24)16(25)22-12-17(8-4-5-9-17)15-6-2-1-3-7-15/h1-3,6-7,10-11H,4-5,8-9,12-13H2,(H,22,25). The fourth-order valence-corrected chi connectivity index (χ4v) is 3.51. The van der Waals surface area contributed by atoms with Crippen LogP contribution in [0.15, 0.2) is 42.7 Å². The van der Waals surface area contributed by atoms with Crippen LogP contribution in [0.2, 0.25) is 0 Å². The Morgan fingerprint density at radius 1 is 1.20 bits per heavy atom. The second-order valence-electron chi connectivity index (χ2n) is 6.58. The molecule has 2 aromatic rings. The van der Waals surface area contributed by atoms with Gasteiger partial charge in [-0.2, -0.15) is 18.3 Å². The molecule has 25 heavy (non-hydrogen) atoms. The molecule has 0 radical (unpaired) electrons. The number of benzene rings is 1. The number of aromatic nitrogens is 2. The van der Waals surface area contributed by atoms with Crippen molar-refractivity contribution < 1.29 is 18.0 Å². The van der Waals surface area contributed by atoms with E-state index in [1.165, 1.54) is 11.8 Å². The van der Waals surface area contributed by atoms with E-state index in [1.807, 2.05) is 18.2 Å². The number of hydrogen-bond acceptors (Lipinski definition) is 2. The molecular formula is C18H20F3N3O. The average Bonchev–Trinajstić information content (AvgIpc) is 3.22. The topological polar surface area (TPSA) is 46.9 Å². The summed E-state index contributed by atoms with van der Waals surface area (Å²) in [5.74, 6) is -0.393. The van der Waals surface area contributed by atoms with Gasteiger partial charge in [-0.05, 0) is 18.4 Å². The molecule has 0 spiro atoms. The van der Waals surface area contributed by atoms with Crippen LogP contribution in [0, 0.1) is 0 Å². The number of carbonyl (C=O) groups excluding carboxylic acids is 1. The number of alkyl halides is 3. The minimum atomic E-state index is -4.36. The molecule has 1 aromatic heterocycles. The Balaban J connectivity index is 1.67. The van der Waals surface area contributed by atoms with Gasteiger partial charge in [0.2, 0.25) is 0 Å². The summed E-state index contributed by atoms with van der Waals surface area (Å²) in [6, 6.07) is 10.1. The quantitative estimate of drug-likeness (QED) is 0.893. The Hall–Kier alpha value is -2.31. The summed E-state index contributed by atoms with van der Waals surface area (Å²) in [6.07, 6.45) is 2.14. The highest BCUT2D eigenvalue weighted by atomic mass is 19.4. The van der Waals surface area contributed by atoms with Gasteiger partial charge in [0.1, 0.15) is 6.54 Å². The highest BCUT2D eigenvalue weighted by Gasteiger charge is 2.36. The Kier molecular flexibility index (Phi) is 4.83. The fourth-order valence-electron chi connectivity index (χ4n) is 3.51. The second kappa shape index (κ2) is 6.90. The minimum absolute atomic E-state index is 0.0983. The normalized spacial score (nSPS) is 16.8. The zero-order valence-electron chi connectivity index (χ0n) is 13.7. The van der Waals surface area contributed by atoms with Gasteiger partial charge in [-0.25, -0.2) is 0 Å². The molecular weight excluding hydrogens is 331 g/mol. The van der Waals surface area contributed by atoms with E-state index in [4.69, 9.17) is 0 Å². The maximum atomic E-state index is 12.4. The van der Waals surface area contributed by atoms with Crippen molar-refractivity contribution in [3.8, 4) is 0 Å². The van der Waals surface area contributed by atoms with Crippen molar-refractivity contribution in [3.63, 3.8) is 0 Å². The number of nitrogens with zero attached hydrogens (tertiary/aromatic N) is 2. The summed E-state index contributed by atoms with van der Waals surface area (Å²) in [4.78, 5) is 12.3. The van der Waals surface area contributed by atoms with Gasteiger partial charge >= 0.3 is 6.18 Å². The summed E-state index contributed by atoms with van der Waals surface area (Å²) >= 11 is 0. The van der Waals surface area contributed by atoms with E-state index in [2.05, 4.69) is 22.5 Å². The van der Waals surface area contributed by atoms with Crippen molar-refractivity contribution in [2.45, 2.75) is 43.8 Å². The van der Waals surface area contributed by atoms with Crippen LogP contribution >= 0.6 is 0 Å². The zero-order valence-corrected chi connectivity index (χ0v) is 13.7. The van der Waals surface area contributed by atoms with Crippen LogP contribution in [-0.2, 0) is 12.0 Å². The number of hydrogen-bond donors (Lipinski definition) is 1. The molecule has 0 unspecified atom stereocenters. The molecule has 7 heteroatoms. The molecule has 1 heterocycles. The van der Waals surface area contributed by atoms with Gasteiger partial charge < -0.3 is 5.32 Å². The SMILES string of the molecule is O=C(NCC1(c2ccccc2)CCCC1)c1cnn(CC(F)(F)F)c1. The molecule has 1 saturated carbocycles. The van der Waals surface area contributed by atoms with Crippen molar-refractivity contribution in [2.75, 3.05) is 6.54 Å². The summed E-state index contributed by atoms with van der Waals surface area (Å²) < 4.78 is 37.9. The zero-order chi connectivity index (χ0) is 17.9. The van der Waals surface area contributed by atoms with Crippen LogP contribution in [0.3, 0.4) is 0 Å². The summed E-state index contributed by atoms with van der Waals surface area (Å²) in [5.41, 5.74) is 1.24. The van der Waals surface area contributed by atoms with Gasteiger partial charge in [-0.15, -0.1) is 0 Å². The van der Waals surface area contributed by atoms with Gasteiger partial charge in [0.05, 0.1) is 11.8 Å². The molecule has 4 nitrogen and oxygen atoms in total. The third kappa shape index (κ3) is 4.21. The van der Waals surface area contributed by atoms with Gasteiger partial charge in [-0.1, -0.05) is 43.2 Å². The lowest BCUT2D eigenvalue weighted by Gasteiger charge is -2.30. The maximum absolute atomic E-state index is 12.4. The molecule has 0 bridgehead atoms. The van der Waals surface area contributed by atoms with E-state index in [0.29, 0.717) is 6.54 Å². The van der Waals surface area contributed by atoms with Crippen molar-refractivity contribution in [3.05, 3.63) is 53.9 Å². The lowest BCUT2D eigenvalue weighted by atomic mass is 9.79. The molecule has 1 aliphatic rings. The van der Waals surface area contributed by atoms with Crippen LogP contribution in [0.4, 0.5) is 13.2 Å². The smallest absolute Gasteiger partial charge is 0.351 e. The first-order valence-corrected chi connectivity index (χ1v) is 8.31. The molecule has 134 valence electrons. The van der Waals surface area contributed by atoms with E-state index in [9.17, 15) is 18.0 Å². The molecule has 1 aromatic carbocycles. The van der Waals surface area contributed by atoms with Crippen molar-refractivity contribution in [1.29, 1.82) is 0 Å². The Labute approximate surface area is 144 Å². The summed E-state index contributed by atoms with van der Waals surface area (Å²) in [6.45, 7) is -0.728. The highest BCUT2D eigenvalue weighted by Crippen LogP contribution is 2.40. The lowest BCUT2D eigenvalue weighted by Crippen LogP contribution is -2.38. The van der Waals surface area contributed by atoms with E-state index in [0.717, 1.165) is 36.6 Å². The second-order valence-corrected chi connectivity index (χ2v) is 6.58. The van der Waals surface area contributed by atoms with Crippen molar-refractivity contribution in [2.24, 2.45) is 0 Å². The molecule has 1 fully saturated rings. The Bertz CT molecular complexity index is 719. The first-order chi connectivity index (χ1) is 11.9. The van der Waals surface area contributed by atoms with Gasteiger partial charge in [0, 0.05) is 18.2 Å². The predicted molar refractivity (Wildman–Crippen MR) is 87.2 cm³/mol. The fraction of sp³-hybridized carbons (Fsp3) is 0.444. The number of amides is 1. The van der Waals surface area contributed by atoms with E-state index >= 15 is 0 Å². The van der Waals surface area contributed by atoms with E-state index < -0.39 is 18.6 Å². The third-order valence-electron chi connectivity index (χ3n) is 4.77. The third-order valence-corrected chi connectivity index (χ3v) is 4.77. The average molecular weight is 351 g/mol. The van der Waals surface area contributed by atoms with Crippen LogP contribution in [0.1, 0.15) is 41.6 Å². The van der Waals surface area contributed by atoms with Crippen LogP contribution < -0.4 is 5.32 Å². The Morgan fingerprint density at radius 2 is 1.88 bits per heavy atom. The summed E-state index contributed by atoms with van der Waals surface area (Å²) in [5, 5.41) is 6.50. The molecule has 1 aliphatic carbocycles. The van der Waals surface area contributed by atoms with Gasteiger partial charge in [-0.3, -0.25) is 9.48 Å². The van der Waals surface area contributed by atoms with Crippen LogP contribution in [0.5, 0.6) is 0 Å². The number of nitrogens with one attached hydrogen (secondary N) is 1. The maximum Gasteiger partial charge on any atom is 0.408 e. The molecule has 0 atom stereocenters. The molecule has 1 amide bonds. The van der Waals surface area contributed by atoms with Crippen molar-refractivity contribution in [1.82, 2.24) is 15.1 Å². The Morgan fingerprint density at radius 3 is 2.52 bits per heavy atom. The van der Waals surface area contributed by atoms with Crippen LogP contribution in [-0.4, -0.2) is 28.4 Å². The molecule has 0 aliphatic heterocycles. The van der Waals surface area contributed by atoms with E-state index in [1.54, 1.807) is 0 Å². The largest absolute Gasteiger partial charge is 0.408 e. The first kappa shape index (κ1) is 17.5. The highest BCUT2D eigenvalue weighted by molar-refractivity contribution is 5.93. The molecule has 3 rings (SSSR count). The number of rotatable bonds is 5. The summed E-state index contributed by atoms with van der Waals surface area (Å²) in [7, 11) is 0. The number of carbonyl (C=O) groups is 1. The minimum Gasteiger partial charge on any atom is -0.351 e. The van der Waals surface area contributed by atoms with Crippen LogP contribution in [0.25, 0.3) is 0 Å². The first-order valence-electron chi connectivity index (χ1n) is 8.31. The van der Waals surface area contributed by atoms with Gasteiger partial charge in [0.15, 0.2) is 0 Å². The lowest BCUT2D eigenvalue weighted by molar-refractivity contribution is -0.142.